The van der Waals surface area contributed by atoms with Gasteiger partial charge in [0.15, 0.2) is 0 Å². The number of carbonyl (C=O) groups is 1. The molecule has 0 saturated carbocycles. The number of hydrogen-bond acceptors (Lipinski definition) is 4. The van der Waals surface area contributed by atoms with Crippen LogP contribution in [-0.4, -0.2) is 37.8 Å². The first-order chi connectivity index (χ1) is 10.8. The quantitative estimate of drug-likeness (QED) is 0.926. The van der Waals surface area contributed by atoms with Crippen molar-refractivity contribution >= 4 is 27.3 Å². The summed E-state index contributed by atoms with van der Waals surface area (Å²) in [6.45, 7) is 2.28. The fraction of sp³-hybridized carbons (Fsp3) is 0.333. The number of anilines is 2. The van der Waals surface area contributed by atoms with Crippen LogP contribution in [0, 0.1) is 0 Å². The number of nitrogens with one attached hydrogen (secondary N) is 1. The van der Waals surface area contributed by atoms with Crippen LogP contribution in [-0.2, 0) is 21.4 Å². The first-order valence-corrected chi connectivity index (χ1v) is 9.08. The van der Waals surface area contributed by atoms with Crippen molar-refractivity contribution in [3.8, 4) is 11.3 Å². The maximum Gasteiger partial charge on any atom is 0.231 e. The lowest BCUT2D eigenvalue weighted by Gasteiger charge is -2.30. The molecule has 0 bridgehead atoms. The Bertz CT molecular complexity index is 873. The molecular formula is C15H18N4O3S. The third kappa shape index (κ3) is 2.59. The monoisotopic (exact) mass is 334 g/mol. The fourth-order valence-electron chi connectivity index (χ4n) is 2.68. The molecule has 23 heavy (non-hydrogen) atoms. The molecule has 0 saturated heterocycles. The molecule has 8 heteroatoms. The molecule has 1 aromatic carbocycles. The lowest BCUT2D eigenvalue weighted by Crippen LogP contribution is -2.32. The molecule has 122 valence electrons. The summed E-state index contributed by atoms with van der Waals surface area (Å²) in [6.07, 6.45) is 3.25. The van der Waals surface area contributed by atoms with Crippen LogP contribution in [0.5, 0.6) is 0 Å². The highest BCUT2D eigenvalue weighted by atomic mass is 32.2. The maximum atomic E-state index is 12.2. The lowest BCUT2D eigenvalue weighted by atomic mass is 9.99. The van der Waals surface area contributed by atoms with Gasteiger partial charge in [0, 0.05) is 24.6 Å². The molecular weight excluding hydrogens is 316 g/mol. The summed E-state index contributed by atoms with van der Waals surface area (Å²) < 4.78 is 24.7. The van der Waals surface area contributed by atoms with E-state index in [9.17, 15) is 13.2 Å². The van der Waals surface area contributed by atoms with Gasteiger partial charge in [0.25, 0.3) is 0 Å². The second-order valence-corrected chi connectivity index (χ2v) is 7.55. The van der Waals surface area contributed by atoms with Crippen LogP contribution in [0.1, 0.15) is 18.9 Å². The summed E-state index contributed by atoms with van der Waals surface area (Å²) in [5, 5.41) is 6.99. The number of benzene rings is 1. The fourth-order valence-corrected chi connectivity index (χ4v) is 3.18. The van der Waals surface area contributed by atoms with Gasteiger partial charge < -0.3 is 4.90 Å². The van der Waals surface area contributed by atoms with Crippen LogP contribution in [0.2, 0.25) is 0 Å². The number of carbonyl (C=O) groups excluding carboxylic acids is 1. The largest absolute Gasteiger partial charge is 0.307 e. The molecule has 0 unspecified atom stereocenters. The average Bonchev–Trinajstić information content (AvgIpc) is 2.99. The van der Waals surface area contributed by atoms with E-state index in [0.29, 0.717) is 18.7 Å². The van der Waals surface area contributed by atoms with Gasteiger partial charge in [0.2, 0.25) is 15.9 Å². The van der Waals surface area contributed by atoms with Crippen LogP contribution < -0.4 is 9.21 Å². The first kappa shape index (κ1) is 15.5. The third-order valence-electron chi connectivity index (χ3n) is 4.05. The highest BCUT2D eigenvalue weighted by Gasteiger charge is 2.28. The molecule has 3 rings (SSSR count). The Hall–Kier alpha value is -2.35. The number of aromatic amines is 1. The zero-order valence-corrected chi connectivity index (χ0v) is 14.0. The predicted molar refractivity (Wildman–Crippen MR) is 88.8 cm³/mol. The third-order valence-corrected chi connectivity index (χ3v) is 5.26. The van der Waals surface area contributed by atoms with Crippen LogP contribution >= 0.6 is 0 Å². The van der Waals surface area contributed by atoms with Crippen molar-refractivity contribution in [3.05, 3.63) is 30.0 Å². The minimum absolute atomic E-state index is 0.0160. The van der Waals surface area contributed by atoms with Crippen molar-refractivity contribution in [1.82, 2.24) is 10.2 Å². The zero-order valence-electron chi connectivity index (χ0n) is 13.2. The van der Waals surface area contributed by atoms with E-state index in [2.05, 4.69) is 10.2 Å². The number of nitrogens with zero attached hydrogens (tertiary/aromatic N) is 3. The maximum absolute atomic E-state index is 12.2. The Labute approximate surface area is 135 Å². The van der Waals surface area contributed by atoms with Gasteiger partial charge in [0.05, 0.1) is 36.1 Å². The Kier molecular flexibility index (Phi) is 3.63. The van der Waals surface area contributed by atoms with Gasteiger partial charge in [0.1, 0.15) is 0 Å². The summed E-state index contributed by atoms with van der Waals surface area (Å²) in [5.41, 5.74) is 3.82. The summed E-state index contributed by atoms with van der Waals surface area (Å²) in [7, 11) is -1.85. The Morgan fingerprint density at radius 3 is 2.83 bits per heavy atom. The van der Waals surface area contributed by atoms with Crippen LogP contribution in [0.25, 0.3) is 11.3 Å². The molecule has 1 aromatic heterocycles. The van der Waals surface area contributed by atoms with Gasteiger partial charge in [-0.1, -0.05) is 6.92 Å². The number of H-pyrrole nitrogens is 1. The molecule has 1 aliphatic heterocycles. The van der Waals surface area contributed by atoms with E-state index < -0.39 is 10.0 Å². The minimum atomic E-state index is -3.35. The molecule has 0 radical (unpaired) electrons. The molecule has 2 aromatic rings. The number of aromatic nitrogens is 2. The van der Waals surface area contributed by atoms with E-state index in [0.717, 1.165) is 28.8 Å². The van der Waals surface area contributed by atoms with Gasteiger partial charge >= 0.3 is 0 Å². The van der Waals surface area contributed by atoms with Gasteiger partial charge in [-0.25, -0.2) is 8.42 Å². The summed E-state index contributed by atoms with van der Waals surface area (Å²) in [4.78, 5) is 13.9. The molecule has 0 spiro atoms. The van der Waals surface area contributed by atoms with Gasteiger partial charge in [-0.05, 0) is 18.2 Å². The highest BCUT2D eigenvalue weighted by Crippen LogP contribution is 2.40. The van der Waals surface area contributed by atoms with Crippen molar-refractivity contribution < 1.29 is 13.2 Å². The van der Waals surface area contributed by atoms with Crippen molar-refractivity contribution in [2.24, 2.45) is 0 Å². The van der Waals surface area contributed by atoms with Crippen molar-refractivity contribution in [2.75, 3.05) is 22.5 Å². The van der Waals surface area contributed by atoms with E-state index in [4.69, 9.17) is 0 Å². The first-order valence-electron chi connectivity index (χ1n) is 7.24. The van der Waals surface area contributed by atoms with Crippen LogP contribution in [0.3, 0.4) is 0 Å². The van der Waals surface area contributed by atoms with E-state index in [1.54, 1.807) is 29.3 Å². The molecule has 1 N–H and O–H groups in total. The molecule has 2 heterocycles. The van der Waals surface area contributed by atoms with Crippen LogP contribution in [0.15, 0.2) is 24.4 Å². The number of rotatable bonds is 3. The van der Waals surface area contributed by atoms with Crippen LogP contribution in [0.4, 0.5) is 11.4 Å². The Morgan fingerprint density at radius 1 is 1.43 bits per heavy atom. The van der Waals surface area contributed by atoms with Crippen molar-refractivity contribution in [1.29, 1.82) is 0 Å². The predicted octanol–water partition coefficient (Wildman–Crippen LogP) is 1.73. The molecule has 1 amide bonds. The summed E-state index contributed by atoms with van der Waals surface area (Å²) in [6, 6.07) is 5.25. The Balaban J connectivity index is 2.16. The number of fused-ring (bicyclic) bond motifs is 3. The smallest absolute Gasteiger partial charge is 0.231 e. The topological polar surface area (TPSA) is 86.4 Å². The number of sulfonamides is 1. The molecule has 0 fully saturated rings. The Morgan fingerprint density at radius 2 is 2.17 bits per heavy atom. The standard InChI is InChI=1S/C15H18N4O3S/c1-4-14(20)19-9-10-8-16-17-15(10)12-7-11(5-6-13(12)19)18(2)23(3,21)22/h5-8H,4,9H2,1-3H3,(H,16,17). The molecule has 7 nitrogen and oxygen atoms in total. The van der Waals surface area contributed by atoms with Gasteiger partial charge in [-0.3, -0.25) is 14.2 Å². The van der Waals surface area contributed by atoms with E-state index in [1.807, 2.05) is 6.92 Å². The highest BCUT2D eigenvalue weighted by molar-refractivity contribution is 7.92. The van der Waals surface area contributed by atoms with Crippen molar-refractivity contribution in [3.63, 3.8) is 0 Å². The van der Waals surface area contributed by atoms with Gasteiger partial charge in [-0.2, -0.15) is 5.10 Å². The van der Waals surface area contributed by atoms with E-state index in [-0.39, 0.29) is 5.91 Å². The zero-order chi connectivity index (χ0) is 16.8. The van der Waals surface area contributed by atoms with E-state index >= 15 is 0 Å². The molecule has 0 atom stereocenters. The SMILES string of the molecule is CCC(=O)N1Cc2cn[nH]c2-c2cc(N(C)S(C)(=O)=O)ccc21. The minimum Gasteiger partial charge on any atom is -0.307 e. The summed E-state index contributed by atoms with van der Waals surface area (Å²) >= 11 is 0. The summed E-state index contributed by atoms with van der Waals surface area (Å²) in [5.74, 6) is 0.0160. The number of amides is 1. The van der Waals surface area contributed by atoms with Gasteiger partial charge in [-0.15, -0.1) is 0 Å². The molecule has 0 aliphatic carbocycles. The second-order valence-electron chi connectivity index (χ2n) is 5.54. The second kappa shape index (κ2) is 5.38. The normalized spacial score (nSPS) is 13.4. The lowest BCUT2D eigenvalue weighted by molar-refractivity contribution is -0.118. The van der Waals surface area contributed by atoms with Crippen molar-refractivity contribution in [2.45, 2.75) is 19.9 Å². The van der Waals surface area contributed by atoms with E-state index in [1.165, 1.54) is 11.4 Å². The average molecular weight is 334 g/mol. The molecule has 1 aliphatic rings. The number of hydrogen-bond donors (Lipinski definition) is 1.